The van der Waals surface area contributed by atoms with Gasteiger partial charge in [0.25, 0.3) is 0 Å². The number of aromatic nitrogens is 1. The van der Waals surface area contributed by atoms with Crippen LogP contribution in [0.5, 0.6) is 0 Å². The van der Waals surface area contributed by atoms with E-state index < -0.39 is 0 Å². The van der Waals surface area contributed by atoms with Crippen molar-refractivity contribution in [2.24, 2.45) is 0 Å². The van der Waals surface area contributed by atoms with Gasteiger partial charge in [-0.15, -0.1) is 0 Å². The van der Waals surface area contributed by atoms with Crippen LogP contribution in [0.3, 0.4) is 0 Å². The van der Waals surface area contributed by atoms with Crippen LogP contribution in [0.1, 0.15) is 8.56 Å². The molecule has 0 aliphatic rings. The van der Waals surface area contributed by atoms with Gasteiger partial charge in [-0.2, -0.15) is 0 Å². The van der Waals surface area contributed by atoms with Crippen LogP contribution in [0.2, 0.25) is 0 Å². The summed E-state index contributed by atoms with van der Waals surface area (Å²) in [6.07, 6.45) is 3.50. The first-order valence-electron chi connectivity index (χ1n) is 1.85. The smallest absolute Gasteiger partial charge is 0.0267 e. The minimum absolute atomic E-state index is 0. The second-order valence-corrected chi connectivity index (χ2v) is 1.02. The molecular weight excluding hydrogens is 74.1 g/mol. The maximum atomic E-state index is 3.78. The highest BCUT2D eigenvalue weighted by atomic mass is 14.6. The van der Waals surface area contributed by atoms with E-state index in [9.17, 15) is 0 Å². The van der Waals surface area contributed by atoms with E-state index in [1.165, 1.54) is 0 Å². The Morgan fingerprint density at radius 3 is 1.83 bits per heavy atom. The number of hydrogen-bond acceptors (Lipinski definition) is 1. The van der Waals surface area contributed by atoms with Crippen molar-refractivity contribution in [2.45, 2.75) is 0 Å². The third-order valence-electron chi connectivity index (χ3n) is 0.566. The van der Waals surface area contributed by atoms with Gasteiger partial charge in [-0.05, 0) is 12.1 Å². The Balaban J connectivity index is -0.0000000150. The Morgan fingerprint density at radius 2 is 1.67 bits per heavy atom. The molecule has 0 amide bonds. The highest BCUT2D eigenvalue weighted by Crippen LogP contribution is 1.73. The van der Waals surface area contributed by atoms with E-state index in [2.05, 4.69) is 4.98 Å². The van der Waals surface area contributed by atoms with Crippen LogP contribution in [0.25, 0.3) is 0 Å². The van der Waals surface area contributed by atoms with Crippen molar-refractivity contribution < 1.29 is 8.56 Å². The molecule has 0 fully saturated rings. The number of pyridine rings is 1. The predicted molar refractivity (Wildman–Crippen MR) is 36.9 cm³/mol. The van der Waals surface area contributed by atoms with Gasteiger partial charge in [0, 0.05) is 21.0 Å². The first-order valence-corrected chi connectivity index (χ1v) is 1.85. The zero-order chi connectivity index (χ0) is 4.24. The second kappa shape index (κ2) is 1.55. The van der Waals surface area contributed by atoms with Gasteiger partial charge in [0.2, 0.25) is 0 Å². The summed E-state index contributed by atoms with van der Waals surface area (Å²) in [5, 5.41) is 0. The molecule has 0 spiro atoms. The summed E-state index contributed by atoms with van der Waals surface area (Å²) in [5.41, 5.74) is 0. The SMILES string of the molecule is [HH].[HH].[HH].[HH].[HH].[HH].c1ccncc1. The molecule has 1 nitrogen and oxygen atoms in total. The molecule has 1 heteroatoms. The topological polar surface area (TPSA) is 12.9 Å². The quantitative estimate of drug-likeness (QED) is 0.478. The van der Waals surface area contributed by atoms with E-state index >= 15 is 0 Å². The largest absolute Gasteiger partial charge is 0.265 e. The lowest BCUT2D eigenvalue weighted by Crippen LogP contribution is -1.58. The molecule has 0 saturated heterocycles. The van der Waals surface area contributed by atoms with Gasteiger partial charge in [0.15, 0.2) is 0 Å². The average Bonchev–Trinajstić information content (AvgIpc) is 1.72. The predicted octanol–water partition coefficient (Wildman–Crippen LogP) is 2.56. The van der Waals surface area contributed by atoms with Crippen molar-refractivity contribution in [1.82, 2.24) is 4.98 Å². The molecular formula is C5H17N. The lowest BCUT2D eigenvalue weighted by molar-refractivity contribution is 1.33. The van der Waals surface area contributed by atoms with Crippen molar-refractivity contribution >= 4 is 0 Å². The molecule has 0 saturated carbocycles. The van der Waals surface area contributed by atoms with Gasteiger partial charge >= 0.3 is 0 Å². The molecule has 1 aromatic rings. The van der Waals surface area contributed by atoms with Crippen molar-refractivity contribution in [1.29, 1.82) is 0 Å². The summed E-state index contributed by atoms with van der Waals surface area (Å²) in [6.45, 7) is 0. The molecule has 0 N–H and O–H groups in total. The van der Waals surface area contributed by atoms with Crippen LogP contribution in [0.4, 0.5) is 0 Å². The molecule has 0 aliphatic carbocycles. The molecule has 6 heavy (non-hydrogen) atoms. The summed E-state index contributed by atoms with van der Waals surface area (Å²) in [7, 11) is 0. The van der Waals surface area contributed by atoms with Crippen LogP contribution < -0.4 is 0 Å². The fourth-order valence-corrected chi connectivity index (χ4v) is 0.313. The van der Waals surface area contributed by atoms with Gasteiger partial charge < -0.3 is 0 Å². The lowest BCUT2D eigenvalue weighted by atomic mass is 10.5. The van der Waals surface area contributed by atoms with Gasteiger partial charge in [0.05, 0.1) is 0 Å². The van der Waals surface area contributed by atoms with Crippen LogP contribution in [0, 0.1) is 0 Å². The fraction of sp³-hybridized carbons (Fsp3) is 0. The van der Waals surface area contributed by atoms with Gasteiger partial charge in [-0.25, -0.2) is 0 Å². The summed E-state index contributed by atoms with van der Waals surface area (Å²) < 4.78 is 0. The first kappa shape index (κ1) is 3.34. The van der Waals surface area contributed by atoms with Crippen LogP contribution in [-0.4, -0.2) is 4.98 Å². The fourth-order valence-electron chi connectivity index (χ4n) is 0.313. The summed E-state index contributed by atoms with van der Waals surface area (Å²) >= 11 is 0. The molecule has 0 aliphatic heterocycles. The lowest BCUT2D eigenvalue weighted by Gasteiger charge is -1.70. The standard InChI is InChI=1S/C5H5N.6H2/c1-2-4-6-5-3-1;;;;;;/h1-5H;6*1H. The number of rotatable bonds is 0. The summed E-state index contributed by atoms with van der Waals surface area (Å²) in [6, 6.07) is 5.72. The molecule has 42 valence electrons. The van der Waals surface area contributed by atoms with E-state index in [4.69, 9.17) is 0 Å². The van der Waals surface area contributed by atoms with E-state index in [0.29, 0.717) is 0 Å². The molecule has 0 bridgehead atoms. The number of hydrogen-bond donors (Lipinski definition) is 0. The number of nitrogens with zero attached hydrogens (tertiary/aromatic N) is 1. The first-order chi connectivity index (χ1) is 3.00. The van der Waals surface area contributed by atoms with Crippen molar-refractivity contribution in [3.8, 4) is 0 Å². The van der Waals surface area contributed by atoms with Gasteiger partial charge in [-0.3, -0.25) is 4.98 Å². The molecule has 1 aromatic heterocycles. The maximum Gasteiger partial charge on any atom is 0.0267 e. The Kier molecular flexibility index (Phi) is 0.865. The minimum Gasteiger partial charge on any atom is -0.265 e. The van der Waals surface area contributed by atoms with Crippen LogP contribution in [-0.2, 0) is 0 Å². The van der Waals surface area contributed by atoms with Crippen molar-refractivity contribution in [3.05, 3.63) is 30.6 Å². The van der Waals surface area contributed by atoms with Crippen molar-refractivity contribution in [2.75, 3.05) is 0 Å². The molecule has 1 rings (SSSR count). The van der Waals surface area contributed by atoms with E-state index in [0.717, 1.165) is 0 Å². The average molecular weight is 91.2 g/mol. The minimum atomic E-state index is 0. The van der Waals surface area contributed by atoms with Crippen LogP contribution in [0.15, 0.2) is 30.6 Å². The van der Waals surface area contributed by atoms with E-state index in [1.807, 2.05) is 18.2 Å². The monoisotopic (exact) mass is 91.1 g/mol. The maximum absolute atomic E-state index is 3.78. The molecule has 1 heterocycles. The third kappa shape index (κ3) is 0.549. The molecule has 0 unspecified atom stereocenters. The van der Waals surface area contributed by atoms with Gasteiger partial charge in [0.1, 0.15) is 0 Å². The summed E-state index contributed by atoms with van der Waals surface area (Å²) in [4.78, 5) is 3.78. The highest BCUT2D eigenvalue weighted by molar-refractivity contribution is 4.88. The van der Waals surface area contributed by atoms with Gasteiger partial charge in [-0.1, -0.05) is 6.07 Å². The normalized spacial score (nSPS) is 8.00. The Hall–Kier alpha value is -0.850. The second-order valence-electron chi connectivity index (χ2n) is 1.02. The summed E-state index contributed by atoms with van der Waals surface area (Å²) in [5.74, 6) is 0. The van der Waals surface area contributed by atoms with Crippen molar-refractivity contribution in [3.63, 3.8) is 0 Å². The zero-order valence-corrected chi connectivity index (χ0v) is 3.33. The molecule has 0 aromatic carbocycles. The Morgan fingerprint density at radius 1 is 1.00 bits per heavy atom. The Bertz CT molecular complexity index is 87.9. The molecule has 0 atom stereocenters. The zero-order valence-electron chi connectivity index (χ0n) is 3.33. The third-order valence-corrected chi connectivity index (χ3v) is 0.566. The highest BCUT2D eigenvalue weighted by Gasteiger charge is 1.58. The molecule has 0 radical (unpaired) electrons. The Labute approximate surface area is 45.6 Å². The van der Waals surface area contributed by atoms with Crippen LogP contribution >= 0.6 is 0 Å². The van der Waals surface area contributed by atoms with E-state index in [-0.39, 0.29) is 8.56 Å². The van der Waals surface area contributed by atoms with E-state index in [1.54, 1.807) is 12.4 Å².